The third-order valence-corrected chi connectivity index (χ3v) is 8.13. The Morgan fingerprint density at radius 3 is 2.61 bits per heavy atom. The van der Waals surface area contributed by atoms with Gasteiger partial charge >= 0.3 is 5.97 Å². The number of thioether (sulfide) groups is 1. The SMILES string of the molecule is O=C(O)COc1cccc2c1CC(SCc1ccccc1)c1sc(-c3ccccc3F)nc1-2. The maximum absolute atomic E-state index is 14.5. The molecule has 4 nitrogen and oxygen atoms in total. The van der Waals surface area contributed by atoms with Crippen LogP contribution in [0, 0.1) is 5.82 Å². The van der Waals surface area contributed by atoms with Gasteiger partial charge in [-0.15, -0.1) is 23.1 Å². The largest absolute Gasteiger partial charge is 0.482 e. The summed E-state index contributed by atoms with van der Waals surface area (Å²) < 4.78 is 20.1. The molecule has 3 aromatic carbocycles. The van der Waals surface area contributed by atoms with Crippen molar-refractivity contribution < 1.29 is 19.0 Å². The number of carboxylic acids is 1. The lowest BCUT2D eigenvalue weighted by atomic mass is 9.92. The summed E-state index contributed by atoms with van der Waals surface area (Å²) >= 11 is 3.33. The van der Waals surface area contributed by atoms with E-state index >= 15 is 0 Å². The van der Waals surface area contributed by atoms with E-state index < -0.39 is 12.6 Å². The van der Waals surface area contributed by atoms with Crippen molar-refractivity contribution >= 4 is 29.1 Å². The van der Waals surface area contributed by atoms with Gasteiger partial charge in [-0.2, -0.15) is 0 Å². The van der Waals surface area contributed by atoms with Crippen LogP contribution in [0.25, 0.3) is 21.8 Å². The van der Waals surface area contributed by atoms with E-state index in [-0.39, 0.29) is 11.1 Å². The van der Waals surface area contributed by atoms with E-state index in [0.717, 1.165) is 27.5 Å². The van der Waals surface area contributed by atoms with Crippen LogP contribution in [0.1, 0.15) is 21.3 Å². The second-order valence-corrected chi connectivity index (χ2v) is 9.89. The number of hydrogen-bond donors (Lipinski definition) is 1. The van der Waals surface area contributed by atoms with Crippen LogP contribution < -0.4 is 4.74 Å². The minimum atomic E-state index is -1.02. The quantitative estimate of drug-likeness (QED) is 0.325. The molecule has 33 heavy (non-hydrogen) atoms. The van der Waals surface area contributed by atoms with Gasteiger partial charge in [0.15, 0.2) is 6.61 Å². The molecule has 166 valence electrons. The fraction of sp³-hybridized carbons (Fsp3) is 0.154. The zero-order valence-electron chi connectivity index (χ0n) is 17.5. The van der Waals surface area contributed by atoms with Gasteiger partial charge < -0.3 is 9.84 Å². The van der Waals surface area contributed by atoms with E-state index in [1.807, 2.05) is 48.2 Å². The molecule has 5 rings (SSSR count). The lowest BCUT2D eigenvalue weighted by Crippen LogP contribution is -2.13. The highest BCUT2D eigenvalue weighted by Crippen LogP contribution is 2.51. The van der Waals surface area contributed by atoms with E-state index in [1.165, 1.54) is 23.0 Å². The average molecular weight is 478 g/mol. The number of hydrogen-bond acceptors (Lipinski definition) is 5. The normalized spacial score (nSPS) is 14.4. The van der Waals surface area contributed by atoms with Gasteiger partial charge in [0.2, 0.25) is 0 Å². The van der Waals surface area contributed by atoms with Crippen LogP contribution in [0.3, 0.4) is 0 Å². The minimum absolute atomic E-state index is 0.0975. The van der Waals surface area contributed by atoms with E-state index in [2.05, 4.69) is 12.1 Å². The standard InChI is InChI=1S/C26H20FNO3S2/c27-20-11-5-4-9-18(20)26-28-24-17-10-6-12-21(31-14-23(29)30)19(17)13-22(25(24)33-26)32-15-16-7-2-1-3-8-16/h1-12,22H,13-15H2,(H,29,30). The molecule has 1 aliphatic carbocycles. The van der Waals surface area contributed by atoms with E-state index in [0.29, 0.717) is 22.7 Å². The van der Waals surface area contributed by atoms with E-state index in [9.17, 15) is 9.18 Å². The Kier molecular flexibility index (Phi) is 6.15. The molecule has 0 amide bonds. The molecule has 0 spiro atoms. The number of ether oxygens (including phenoxy) is 1. The summed E-state index contributed by atoms with van der Waals surface area (Å²) in [6.07, 6.45) is 0.689. The first kappa shape index (κ1) is 21.7. The Morgan fingerprint density at radius 2 is 1.82 bits per heavy atom. The molecule has 0 fully saturated rings. The molecule has 0 saturated heterocycles. The minimum Gasteiger partial charge on any atom is -0.482 e. The topological polar surface area (TPSA) is 59.4 Å². The molecule has 7 heteroatoms. The Balaban J connectivity index is 1.56. The number of aromatic nitrogens is 1. The first-order valence-electron chi connectivity index (χ1n) is 10.5. The van der Waals surface area contributed by atoms with Crippen molar-refractivity contribution in [3.8, 4) is 27.6 Å². The predicted octanol–water partition coefficient (Wildman–Crippen LogP) is 6.61. The molecule has 0 aliphatic heterocycles. The molecule has 1 atom stereocenters. The number of halogens is 1. The van der Waals surface area contributed by atoms with Crippen molar-refractivity contribution in [2.24, 2.45) is 0 Å². The summed E-state index contributed by atoms with van der Waals surface area (Å²) in [4.78, 5) is 17.0. The molecular weight excluding hydrogens is 457 g/mol. The van der Waals surface area contributed by atoms with Gasteiger partial charge in [-0.25, -0.2) is 14.2 Å². The number of aliphatic carboxylic acids is 1. The molecule has 1 aliphatic rings. The van der Waals surface area contributed by atoms with Crippen molar-refractivity contribution in [2.75, 3.05) is 6.61 Å². The Morgan fingerprint density at radius 1 is 1.06 bits per heavy atom. The second-order valence-electron chi connectivity index (χ2n) is 7.67. The number of rotatable bonds is 7. The summed E-state index contributed by atoms with van der Waals surface area (Å²) in [7, 11) is 0. The molecule has 1 N–H and O–H groups in total. The van der Waals surface area contributed by atoms with E-state index in [1.54, 1.807) is 18.2 Å². The molecule has 1 heterocycles. The van der Waals surface area contributed by atoms with Gasteiger partial charge in [0.05, 0.1) is 5.69 Å². The average Bonchev–Trinajstić information content (AvgIpc) is 3.28. The fourth-order valence-corrected chi connectivity index (χ4v) is 6.52. The maximum Gasteiger partial charge on any atom is 0.341 e. The molecule has 0 radical (unpaired) electrons. The Hall–Kier alpha value is -3.16. The molecule has 4 aromatic rings. The van der Waals surface area contributed by atoms with Crippen LogP contribution in [-0.2, 0) is 17.0 Å². The third kappa shape index (κ3) is 4.51. The summed E-state index contributed by atoms with van der Waals surface area (Å²) in [5.41, 5.74) is 4.41. The van der Waals surface area contributed by atoms with Crippen molar-refractivity contribution in [1.29, 1.82) is 0 Å². The Bertz CT molecular complexity index is 1310. The van der Waals surface area contributed by atoms with Crippen LogP contribution in [0.4, 0.5) is 4.39 Å². The molecule has 0 saturated carbocycles. The fourth-order valence-electron chi connectivity index (χ4n) is 3.95. The van der Waals surface area contributed by atoms with Crippen LogP contribution in [-0.4, -0.2) is 22.7 Å². The molecule has 1 unspecified atom stereocenters. The van der Waals surface area contributed by atoms with Gasteiger partial charge in [0, 0.05) is 32.6 Å². The van der Waals surface area contributed by atoms with Crippen LogP contribution in [0.2, 0.25) is 0 Å². The number of thiazole rings is 1. The zero-order valence-corrected chi connectivity index (χ0v) is 19.2. The Labute approximate surface area is 199 Å². The highest BCUT2D eigenvalue weighted by Gasteiger charge is 2.31. The van der Waals surface area contributed by atoms with Gasteiger partial charge in [0.25, 0.3) is 0 Å². The van der Waals surface area contributed by atoms with Crippen molar-refractivity contribution in [3.63, 3.8) is 0 Å². The molecule has 1 aromatic heterocycles. The van der Waals surface area contributed by atoms with Gasteiger partial charge in [-0.1, -0.05) is 54.6 Å². The lowest BCUT2D eigenvalue weighted by molar-refractivity contribution is -0.139. The summed E-state index contributed by atoms with van der Waals surface area (Å²) in [6.45, 7) is -0.400. The second kappa shape index (κ2) is 9.37. The van der Waals surface area contributed by atoms with Crippen molar-refractivity contribution in [2.45, 2.75) is 17.4 Å². The van der Waals surface area contributed by atoms with Crippen LogP contribution in [0.15, 0.2) is 72.8 Å². The first-order valence-corrected chi connectivity index (χ1v) is 12.3. The van der Waals surface area contributed by atoms with Crippen molar-refractivity contribution in [1.82, 2.24) is 4.98 Å². The third-order valence-electron chi connectivity index (χ3n) is 5.47. The number of carbonyl (C=O) groups is 1. The summed E-state index contributed by atoms with van der Waals surface area (Å²) in [5.74, 6) is 0.0718. The number of benzene rings is 3. The number of carboxylic acid groups (broad SMARTS) is 1. The van der Waals surface area contributed by atoms with Gasteiger partial charge in [0.1, 0.15) is 16.6 Å². The number of fused-ring (bicyclic) bond motifs is 3. The predicted molar refractivity (Wildman–Crippen MR) is 130 cm³/mol. The monoisotopic (exact) mass is 477 g/mol. The molecular formula is C26H20FNO3S2. The smallest absolute Gasteiger partial charge is 0.341 e. The summed E-state index contributed by atoms with van der Waals surface area (Å²) in [6, 6.07) is 22.6. The van der Waals surface area contributed by atoms with Gasteiger partial charge in [-0.05, 0) is 30.2 Å². The van der Waals surface area contributed by atoms with Crippen LogP contribution >= 0.6 is 23.1 Å². The van der Waals surface area contributed by atoms with Gasteiger partial charge in [-0.3, -0.25) is 0 Å². The lowest BCUT2D eigenvalue weighted by Gasteiger charge is -2.25. The zero-order chi connectivity index (χ0) is 22.8. The maximum atomic E-state index is 14.5. The first-order chi connectivity index (χ1) is 16.1. The highest BCUT2D eigenvalue weighted by atomic mass is 32.2. The summed E-state index contributed by atoms with van der Waals surface area (Å²) in [5, 5.41) is 9.82. The molecule has 0 bridgehead atoms. The highest BCUT2D eigenvalue weighted by molar-refractivity contribution is 7.98. The van der Waals surface area contributed by atoms with E-state index in [4.69, 9.17) is 14.8 Å². The number of nitrogens with zero attached hydrogens (tertiary/aromatic N) is 1. The van der Waals surface area contributed by atoms with Crippen LogP contribution in [0.5, 0.6) is 5.75 Å². The van der Waals surface area contributed by atoms with Crippen molar-refractivity contribution in [3.05, 3.63) is 94.6 Å².